The zero-order valence-corrected chi connectivity index (χ0v) is 19.8. The number of sulfonamides is 1. The summed E-state index contributed by atoms with van der Waals surface area (Å²) in [4.78, 5) is 16.1. The van der Waals surface area contributed by atoms with Crippen LogP contribution < -0.4 is 19.5 Å². The molecule has 0 spiro atoms. The Bertz CT molecular complexity index is 1300. The minimum absolute atomic E-state index is 0.0531. The lowest BCUT2D eigenvalue weighted by Crippen LogP contribution is -2.30. The molecule has 0 aliphatic carbocycles. The summed E-state index contributed by atoms with van der Waals surface area (Å²) < 4.78 is 74.9. The summed E-state index contributed by atoms with van der Waals surface area (Å²) in [6.07, 6.45) is -4.87. The van der Waals surface area contributed by atoms with Crippen molar-refractivity contribution in [2.75, 3.05) is 12.4 Å². The van der Waals surface area contributed by atoms with Crippen molar-refractivity contribution in [1.82, 2.24) is 9.71 Å². The van der Waals surface area contributed by atoms with Gasteiger partial charge in [-0.3, -0.25) is 4.79 Å². The van der Waals surface area contributed by atoms with E-state index in [9.17, 15) is 26.4 Å². The van der Waals surface area contributed by atoms with Crippen LogP contribution in [0.3, 0.4) is 0 Å². The van der Waals surface area contributed by atoms with Crippen molar-refractivity contribution in [3.05, 3.63) is 71.4 Å². The van der Waals surface area contributed by atoms with Crippen LogP contribution in [0.2, 0.25) is 5.02 Å². The van der Waals surface area contributed by atoms with Gasteiger partial charge in [-0.05, 0) is 68.6 Å². The molecule has 0 radical (unpaired) electrons. The lowest BCUT2D eigenvalue weighted by Gasteiger charge is -2.15. The molecule has 2 N–H and O–H groups in total. The van der Waals surface area contributed by atoms with E-state index in [1.165, 1.54) is 62.5 Å². The van der Waals surface area contributed by atoms with E-state index >= 15 is 0 Å². The van der Waals surface area contributed by atoms with Gasteiger partial charge in [0.05, 0.1) is 10.5 Å². The first kappa shape index (κ1) is 26.3. The Morgan fingerprint density at radius 3 is 2.20 bits per heavy atom. The summed E-state index contributed by atoms with van der Waals surface area (Å²) in [6.45, 7) is 1.52. The van der Waals surface area contributed by atoms with Crippen molar-refractivity contribution in [3.8, 4) is 17.4 Å². The van der Waals surface area contributed by atoms with Crippen LogP contribution in [0.1, 0.15) is 12.5 Å². The van der Waals surface area contributed by atoms with Crippen LogP contribution in [0.15, 0.2) is 65.7 Å². The Kier molecular flexibility index (Phi) is 7.88. The number of alkyl halides is 3. The Labute approximate surface area is 204 Å². The lowest BCUT2D eigenvalue weighted by molar-refractivity contribution is -0.137. The van der Waals surface area contributed by atoms with Crippen LogP contribution in [0.4, 0.5) is 18.9 Å². The number of pyridine rings is 1. The zero-order valence-electron chi connectivity index (χ0n) is 18.3. The molecule has 1 heterocycles. The molecule has 0 aliphatic heterocycles. The van der Waals surface area contributed by atoms with Crippen molar-refractivity contribution in [2.24, 2.45) is 0 Å². The minimum atomic E-state index is -4.58. The van der Waals surface area contributed by atoms with Gasteiger partial charge in [-0.2, -0.15) is 13.2 Å². The van der Waals surface area contributed by atoms with E-state index in [0.29, 0.717) is 17.6 Å². The molecule has 8 nitrogen and oxygen atoms in total. The van der Waals surface area contributed by atoms with E-state index in [2.05, 4.69) is 15.0 Å². The van der Waals surface area contributed by atoms with Crippen LogP contribution in [0, 0.1) is 0 Å². The van der Waals surface area contributed by atoms with Crippen molar-refractivity contribution in [1.29, 1.82) is 0 Å². The summed E-state index contributed by atoms with van der Waals surface area (Å²) >= 11 is 5.84. The molecule has 3 aromatic rings. The van der Waals surface area contributed by atoms with Crippen molar-refractivity contribution >= 4 is 33.2 Å². The molecule has 13 heteroatoms. The van der Waals surface area contributed by atoms with Crippen molar-refractivity contribution in [2.45, 2.75) is 24.1 Å². The highest BCUT2D eigenvalue weighted by Crippen LogP contribution is 2.35. The molecule has 0 fully saturated rings. The number of nitrogens with zero attached hydrogens (tertiary/aromatic N) is 1. The van der Waals surface area contributed by atoms with Crippen LogP contribution in [0.25, 0.3) is 0 Å². The van der Waals surface area contributed by atoms with E-state index in [4.69, 9.17) is 21.1 Å². The highest BCUT2D eigenvalue weighted by atomic mass is 35.5. The predicted octanol–water partition coefficient (Wildman–Crippen LogP) is 4.86. The van der Waals surface area contributed by atoms with Crippen molar-refractivity contribution < 1.29 is 35.9 Å². The predicted molar refractivity (Wildman–Crippen MR) is 122 cm³/mol. The van der Waals surface area contributed by atoms with E-state index < -0.39 is 33.8 Å². The second kappa shape index (κ2) is 10.5. The third-order valence-electron chi connectivity index (χ3n) is 4.56. The first-order valence-corrected chi connectivity index (χ1v) is 11.8. The average molecular weight is 530 g/mol. The molecule has 1 atom stereocenters. The second-order valence-electron chi connectivity index (χ2n) is 7.06. The molecular weight excluding hydrogens is 511 g/mol. The van der Waals surface area contributed by atoms with Gasteiger partial charge in [0.2, 0.25) is 15.9 Å². The van der Waals surface area contributed by atoms with Crippen LogP contribution in [-0.4, -0.2) is 32.5 Å². The normalized spacial score (nSPS) is 12.6. The molecule has 1 amide bonds. The number of aromatic nitrogens is 1. The Morgan fingerprint density at radius 1 is 1.06 bits per heavy atom. The third-order valence-corrected chi connectivity index (χ3v) is 6.26. The molecule has 35 heavy (non-hydrogen) atoms. The number of carbonyl (C=O) groups excluding carboxylic acids is 1. The average Bonchev–Trinajstić information content (AvgIpc) is 2.81. The molecule has 2 aromatic carbocycles. The van der Waals surface area contributed by atoms with E-state index in [-0.39, 0.29) is 21.5 Å². The topological polar surface area (TPSA) is 107 Å². The van der Waals surface area contributed by atoms with Gasteiger partial charge in [0.15, 0.2) is 6.10 Å². The number of nitrogens with one attached hydrogen (secondary N) is 2. The van der Waals surface area contributed by atoms with Crippen LogP contribution in [-0.2, 0) is 21.0 Å². The highest BCUT2D eigenvalue weighted by molar-refractivity contribution is 7.89. The summed E-state index contributed by atoms with van der Waals surface area (Å²) in [5.74, 6) is -0.118. The van der Waals surface area contributed by atoms with E-state index in [1.54, 1.807) is 0 Å². The quantitative estimate of drug-likeness (QED) is 0.431. The zero-order chi connectivity index (χ0) is 25.8. The summed E-state index contributed by atoms with van der Waals surface area (Å²) in [7, 11) is -2.29. The van der Waals surface area contributed by atoms with E-state index in [1.807, 2.05) is 0 Å². The van der Waals surface area contributed by atoms with Gasteiger partial charge >= 0.3 is 6.18 Å². The van der Waals surface area contributed by atoms with Crippen LogP contribution in [0.5, 0.6) is 17.4 Å². The lowest BCUT2D eigenvalue weighted by atomic mass is 10.3. The fourth-order valence-corrected chi connectivity index (χ4v) is 3.63. The monoisotopic (exact) mass is 529 g/mol. The van der Waals surface area contributed by atoms with Gasteiger partial charge in [-0.1, -0.05) is 11.6 Å². The molecule has 0 bridgehead atoms. The maximum Gasteiger partial charge on any atom is 0.417 e. The number of hydrogen-bond acceptors (Lipinski definition) is 6. The van der Waals surface area contributed by atoms with Crippen molar-refractivity contribution in [3.63, 3.8) is 0 Å². The summed E-state index contributed by atoms with van der Waals surface area (Å²) in [5.41, 5.74) is -0.616. The second-order valence-corrected chi connectivity index (χ2v) is 9.36. The number of amides is 1. The Balaban J connectivity index is 1.59. The van der Waals surface area contributed by atoms with Gasteiger partial charge in [0.25, 0.3) is 5.91 Å². The van der Waals surface area contributed by atoms with Crippen LogP contribution >= 0.6 is 11.6 Å². The van der Waals surface area contributed by atoms with E-state index in [0.717, 1.165) is 6.07 Å². The number of anilines is 1. The Hall–Kier alpha value is -3.35. The molecular formula is C22H19ClF3N3O5S. The van der Waals surface area contributed by atoms with Gasteiger partial charge in [0.1, 0.15) is 16.5 Å². The standard InChI is InChI=1S/C22H19ClF3N3O5S/c1-13(20(30)29-15-3-9-18(10-4-15)35(31,32)27-2)33-16-5-7-17(8-6-16)34-21-19(23)11-14(12-28-21)22(24,25)26/h3-13,27H,1-2H3,(H,29,30). The smallest absolute Gasteiger partial charge is 0.417 e. The number of hydrogen-bond donors (Lipinski definition) is 2. The molecule has 1 aromatic heterocycles. The minimum Gasteiger partial charge on any atom is -0.481 e. The first-order chi connectivity index (χ1) is 16.4. The number of rotatable bonds is 8. The van der Waals surface area contributed by atoms with Gasteiger partial charge in [0, 0.05) is 11.9 Å². The maximum absolute atomic E-state index is 12.7. The molecule has 3 rings (SSSR count). The van der Waals surface area contributed by atoms with Gasteiger partial charge in [-0.15, -0.1) is 0 Å². The Morgan fingerprint density at radius 2 is 1.66 bits per heavy atom. The first-order valence-electron chi connectivity index (χ1n) is 9.91. The maximum atomic E-state index is 12.7. The fourth-order valence-electron chi connectivity index (χ4n) is 2.69. The number of ether oxygens (including phenoxy) is 2. The summed E-state index contributed by atoms with van der Waals surface area (Å²) in [5, 5.41) is 2.31. The van der Waals surface area contributed by atoms with Gasteiger partial charge in [-0.25, -0.2) is 18.1 Å². The fraction of sp³-hybridized carbons (Fsp3) is 0.182. The summed E-state index contributed by atoms with van der Waals surface area (Å²) in [6, 6.07) is 12.2. The highest BCUT2D eigenvalue weighted by Gasteiger charge is 2.31. The van der Waals surface area contributed by atoms with Gasteiger partial charge < -0.3 is 14.8 Å². The SMILES string of the molecule is CNS(=O)(=O)c1ccc(NC(=O)C(C)Oc2ccc(Oc3ncc(C(F)(F)F)cc3Cl)cc2)cc1. The third kappa shape index (κ3) is 6.84. The molecule has 0 saturated carbocycles. The molecule has 186 valence electrons. The number of benzene rings is 2. The molecule has 1 unspecified atom stereocenters. The largest absolute Gasteiger partial charge is 0.481 e. The number of carbonyl (C=O) groups is 1. The molecule has 0 aliphatic rings. The number of halogens is 4. The molecule has 0 saturated heterocycles.